The highest BCUT2D eigenvalue weighted by Crippen LogP contribution is 2.46. The highest BCUT2D eigenvalue weighted by Gasteiger charge is 2.61. The van der Waals surface area contributed by atoms with Gasteiger partial charge in [0, 0.05) is 50.5 Å². The Morgan fingerprint density at radius 1 is 1.23 bits per heavy atom. The van der Waals surface area contributed by atoms with E-state index < -0.39 is 0 Å². The molecule has 4 heteroatoms. The molecule has 6 heterocycles. The number of ketones is 1. The van der Waals surface area contributed by atoms with Gasteiger partial charge in [-0.15, -0.1) is 0 Å². The van der Waals surface area contributed by atoms with Crippen molar-refractivity contribution in [3.8, 4) is 0 Å². The van der Waals surface area contributed by atoms with E-state index in [0.717, 1.165) is 24.8 Å². The van der Waals surface area contributed by atoms with Gasteiger partial charge in [0.05, 0.1) is 30.8 Å². The zero-order valence-electron chi connectivity index (χ0n) is 18.8. The molecule has 0 aliphatic carbocycles. The molecule has 164 valence electrons. The fourth-order valence-corrected chi connectivity index (χ4v) is 9.03. The lowest BCUT2D eigenvalue weighted by Gasteiger charge is -2.52. The molecule has 6 aliphatic rings. The number of aliphatic hydroxyl groups is 1. The number of hydrogen-bond acceptors (Lipinski definition) is 3. The Balaban J connectivity index is 1.34. The van der Waals surface area contributed by atoms with E-state index in [9.17, 15) is 9.90 Å². The summed E-state index contributed by atoms with van der Waals surface area (Å²) < 4.78 is 0. The van der Waals surface area contributed by atoms with Gasteiger partial charge >= 0.3 is 0 Å². The Labute approximate surface area is 181 Å². The maximum absolute atomic E-state index is 12.4. The van der Waals surface area contributed by atoms with Gasteiger partial charge in [0.1, 0.15) is 5.54 Å². The minimum absolute atomic E-state index is 0.0475. The number of quaternary nitrogens is 1. The number of nitrogens with one attached hydrogen (secondary N) is 1. The van der Waals surface area contributed by atoms with Crippen LogP contribution in [0.3, 0.4) is 0 Å². The Morgan fingerprint density at radius 3 is 2.90 bits per heavy atom. The number of hydrogen-bond donors (Lipinski definition) is 2. The van der Waals surface area contributed by atoms with Crippen LogP contribution in [-0.4, -0.2) is 58.1 Å². The predicted molar refractivity (Wildman–Crippen MR) is 117 cm³/mol. The van der Waals surface area contributed by atoms with Gasteiger partial charge in [0.15, 0.2) is 5.78 Å². The summed E-state index contributed by atoms with van der Waals surface area (Å²) >= 11 is 0. The van der Waals surface area contributed by atoms with Crippen molar-refractivity contribution in [1.82, 2.24) is 4.90 Å². The van der Waals surface area contributed by atoms with E-state index >= 15 is 0 Å². The number of Topliss-reactive ketones (excluding diaryl/α,β-unsaturated/α-hetero) is 1. The summed E-state index contributed by atoms with van der Waals surface area (Å²) in [6.07, 6.45) is 16.7. The lowest BCUT2D eigenvalue weighted by Crippen LogP contribution is -3.26. The molecule has 0 aromatic heterocycles. The zero-order valence-corrected chi connectivity index (χ0v) is 18.8. The second-order valence-electron chi connectivity index (χ2n) is 11.7. The van der Waals surface area contributed by atoms with Crippen LogP contribution in [0.25, 0.3) is 0 Å². The van der Waals surface area contributed by atoms with E-state index in [4.69, 9.17) is 0 Å². The van der Waals surface area contributed by atoms with Crippen LogP contribution < -0.4 is 4.90 Å². The van der Waals surface area contributed by atoms with E-state index in [-0.39, 0.29) is 6.04 Å². The van der Waals surface area contributed by atoms with Gasteiger partial charge in [0.25, 0.3) is 0 Å². The standard InChI is InChI=1S/C26H38N2O2/c1-16-10-21-4-3-9-26(14-19(15-29)24(11-16)28(21)26)13-18-12-20-5-8-25(30)23-7-6-22(17(18)2)27(20)23/h6-7,16,19-24,29H,3-5,8-15H2,1-2H3/p+1/t16?,19-,20+,21?,22?,23?,24?,26?/m1/s1. The van der Waals surface area contributed by atoms with Gasteiger partial charge in [0.2, 0.25) is 0 Å². The van der Waals surface area contributed by atoms with Crippen LogP contribution in [0.5, 0.6) is 0 Å². The molecule has 9 atom stereocenters. The summed E-state index contributed by atoms with van der Waals surface area (Å²) in [5, 5.41) is 10.3. The Bertz CT molecular complexity index is 803. The van der Waals surface area contributed by atoms with Crippen molar-refractivity contribution in [3.05, 3.63) is 23.3 Å². The number of rotatable bonds is 3. The van der Waals surface area contributed by atoms with E-state index in [1.54, 1.807) is 5.57 Å². The summed E-state index contributed by atoms with van der Waals surface area (Å²) in [4.78, 5) is 16.9. The fraction of sp³-hybridized carbons (Fsp3) is 0.808. The van der Waals surface area contributed by atoms with Gasteiger partial charge in [-0.25, -0.2) is 0 Å². The van der Waals surface area contributed by atoms with Crippen LogP contribution >= 0.6 is 0 Å². The lowest BCUT2D eigenvalue weighted by atomic mass is 9.72. The Morgan fingerprint density at radius 2 is 2.07 bits per heavy atom. The average Bonchev–Trinajstić information content (AvgIpc) is 3.30. The molecule has 6 aliphatic heterocycles. The molecular weight excluding hydrogens is 372 g/mol. The minimum atomic E-state index is 0.0475. The van der Waals surface area contributed by atoms with Gasteiger partial charge in [-0.3, -0.25) is 9.69 Å². The van der Waals surface area contributed by atoms with E-state index in [1.807, 2.05) is 4.90 Å². The quantitative estimate of drug-likeness (QED) is 0.701. The summed E-state index contributed by atoms with van der Waals surface area (Å²) in [5.74, 6) is 1.73. The smallest absolute Gasteiger partial charge is 0.153 e. The van der Waals surface area contributed by atoms with Gasteiger partial charge < -0.3 is 10.0 Å². The lowest BCUT2D eigenvalue weighted by molar-refractivity contribution is -0.997. The number of carbonyl (C=O) groups is 1. The molecule has 2 N–H and O–H groups in total. The van der Waals surface area contributed by atoms with Crippen molar-refractivity contribution in [2.75, 3.05) is 6.61 Å². The molecule has 0 amide bonds. The third-order valence-electron chi connectivity index (χ3n) is 10.1. The SMILES string of the molecule is CC1=C(CC23CCCC4CC(C)CC([C@@H](CO)C2)[NH+]43)C[C@@H]2CCC(=O)C3C=CC1N32. The van der Waals surface area contributed by atoms with Crippen LogP contribution in [0.15, 0.2) is 23.3 Å². The molecule has 4 saturated heterocycles. The first-order chi connectivity index (χ1) is 14.5. The second-order valence-corrected chi connectivity index (χ2v) is 11.7. The monoisotopic (exact) mass is 411 g/mol. The van der Waals surface area contributed by atoms with Crippen LogP contribution in [0.1, 0.15) is 78.1 Å². The van der Waals surface area contributed by atoms with E-state index in [2.05, 4.69) is 30.9 Å². The zero-order chi connectivity index (χ0) is 20.6. The molecule has 4 fully saturated rings. The first-order valence-electron chi connectivity index (χ1n) is 12.7. The molecule has 4 nitrogen and oxygen atoms in total. The van der Waals surface area contributed by atoms with Crippen molar-refractivity contribution in [2.45, 2.75) is 114 Å². The van der Waals surface area contributed by atoms with Crippen LogP contribution in [0.2, 0.25) is 0 Å². The van der Waals surface area contributed by atoms with Crippen LogP contribution in [-0.2, 0) is 4.79 Å². The number of carbonyl (C=O) groups excluding carboxylic acids is 1. The van der Waals surface area contributed by atoms with Crippen molar-refractivity contribution in [2.24, 2.45) is 11.8 Å². The largest absolute Gasteiger partial charge is 0.396 e. The normalized spacial score (nSPS) is 50.0. The first kappa shape index (κ1) is 19.7. The maximum atomic E-state index is 12.4. The second kappa shape index (κ2) is 7.02. The molecule has 7 unspecified atom stereocenters. The molecule has 0 aromatic rings. The predicted octanol–water partition coefficient (Wildman–Crippen LogP) is 2.42. The van der Waals surface area contributed by atoms with Crippen molar-refractivity contribution >= 4 is 5.78 Å². The Hall–Kier alpha value is -0.970. The number of aliphatic hydroxyl groups excluding tert-OH is 1. The molecule has 30 heavy (non-hydrogen) atoms. The first-order valence-corrected chi connectivity index (χ1v) is 12.7. The van der Waals surface area contributed by atoms with Crippen molar-refractivity contribution < 1.29 is 14.8 Å². The van der Waals surface area contributed by atoms with Crippen LogP contribution in [0.4, 0.5) is 0 Å². The highest BCUT2D eigenvalue weighted by atomic mass is 16.3. The van der Waals surface area contributed by atoms with Crippen LogP contribution in [0, 0.1) is 11.8 Å². The molecule has 0 saturated carbocycles. The third kappa shape index (κ3) is 2.72. The maximum Gasteiger partial charge on any atom is 0.153 e. The van der Waals surface area contributed by atoms with Gasteiger partial charge in [-0.1, -0.05) is 30.2 Å². The summed E-state index contributed by atoms with van der Waals surface area (Å²) in [6.45, 7) is 5.16. The average molecular weight is 412 g/mol. The van der Waals surface area contributed by atoms with E-state index in [0.29, 0.717) is 42.0 Å². The molecule has 0 radical (unpaired) electrons. The molecule has 6 rings (SSSR count). The topological polar surface area (TPSA) is 45.0 Å². The summed E-state index contributed by atoms with van der Waals surface area (Å²) in [7, 11) is 0. The minimum Gasteiger partial charge on any atom is -0.396 e. The van der Waals surface area contributed by atoms with E-state index in [1.165, 1.54) is 56.9 Å². The number of nitrogens with zero attached hydrogens (tertiary/aromatic N) is 1. The molecular formula is C26H39N2O2+. The van der Waals surface area contributed by atoms with Crippen molar-refractivity contribution in [1.29, 1.82) is 0 Å². The summed E-state index contributed by atoms with van der Waals surface area (Å²) in [6, 6.07) is 2.43. The van der Waals surface area contributed by atoms with Gasteiger partial charge in [-0.05, 0) is 38.5 Å². The number of piperidine rings is 3. The highest BCUT2D eigenvalue weighted by molar-refractivity contribution is 5.87. The molecule has 0 aromatic carbocycles. The molecule has 0 spiro atoms. The molecule has 0 bridgehead atoms. The Kier molecular flexibility index (Phi) is 4.61. The van der Waals surface area contributed by atoms with Gasteiger partial charge in [-0.2, -0.15) is 0 Å². The van der Waals surface area contributed by atoms with Crippen molar-refractivity contribution in [3.63, 3.8) is 0 Å². The third-order valence-corrected chi connectivity index (χ3v) is 10.1. The summed E-state index contributed by atoms with van der Waals surface area (Å²) in [5.41, 5.74) is 3.58. The fourth-order valence-electron chi connectivity index (χ4n) is 9.03.